The Morgan fingerprint density at radius 3 is 2.20 bits per heavy atom. The predicted molar refractivity (Wildman–Crippen MR) is 53.7 cm³/mol. The molecule has 8 heteroatoms. The topological polar surface area (TPSA) is 130 Å². The third-order valence-electron chi connectivity index (χ3n) is 1.75. The molecule has 1 rings (SSSR count). The Morgan fingerprint density at radius 2 is 1.93 bits per heavy atom. The van der Waals surface area contributed by atoms with Crippen LogP contribution in [0.15, 0.2) is 0 Å². The van der Waals surface area contributed by atoms with Gasteiger partial charge in [-0.1, -0.05) is 0 Å². The Hall–Kier alpha value is -0.700. The van der Waals surface area contributed by atoms with E-state index in [1.54, 1.807) is 0 Å². The number of hydrogen-bond acceptors (Lipinski definition) is 5. The predicted octanol–water partition coefficient (Wildman–Crippen LogP) is -1.91. The number of hydrogen-bond donors (Lipinski definition) is 4. The van der Waals surface area contributed by atoms with Crippen LogP contribution >= 0.6 is 0 Å². The Kier molecular flexibility index (Phi) is 5.73. The van der Waals surface area contributed by atoms with Crippen molar-refractivity contribution in [1.82, 2.24) is 5.32 Å². The number of rotatable bonds is 1. The van der Waals surface area contributed by atoms with Crippen LogP contribution in [0.1, 0.15) is 13.3 Å². The Balaban J connectivity index is 0.000000423. The van der Waals surface area contributed by atoms with E-state index in [9.17, 15) is 8.42 Å². The third kappa shape index (κ3) is 7.25. The summed E-state index contributed by atoms with van der Waals surface area (Å²) >= 11 is 0. The molecule has 0 aromatic carbocycles. The highest BCUT2D eigenvalue weighted by Gasteiger charge is 2.27. The zero-order valence-corrected chi connectivity index (χ0v) is 9.20. The lowest BCUT2D eigenvalue weighted by Crippen LogP contribution is -2.47. The van der Waals surface area contributed by atoms with Crippen molar-refractivity contribution in [3.05, 3.63) is 0 Å². The van der Waals surface area contributed by atoms with Crippen molar-refractivity contribution in [2.45, 2.75) is 24.7 Å². The number of piperidine rings is 1. The number of sulfonamides is 1. The van der Waals surface area contributed by atoms with Crippen molar-refractivity contribution < 1.29 is 23.4 Å². The van der Waals surface area contributed by atoms with Crippen LogP contribution in [0.5, 0.6) is 0 Å². The number of primary sulfonamides is 1. The van der Waals surface area contributed by atoms with E-state index in [0.717, 1.165) is 6.92 Å². The molecule has 15 heavy (non-hydrogen) atoms. The largest absolute Gasteiger partial charge is 0.481 e. The Labute approximate surface area is 88.3 Å². The van der Waals surface area contributed by atoms with Gasteiger partial charge in [0.15, 0.2) is 0 Å². The molecule has 0 spiro atoms. The highest BCUT2D eigenvalue weighted by atomic mass is 32.2. The molecule has 0 amide bonds. The first-order valence-corrected chi connectivity index (χ1v) is 5.94. The highest BCUT2D eigenvalue weighted by Crippen LogP contribution is 2.08. The number of nitrogens with two attached hydrogens (primary N) is 1. The Morgan fingerprint density at radius 1 is 1.47 bits per heavy atom. The maximum atomic E-state index is 10.8. The van der Waals surface area contributed by atoms with Gasteiger partial charge in [-0.05, 0) is 6.42 Å². The average Bonchev–Trinajstić information content (AvgIpc) is 2.01. The van der Waals surface area contributed by atoms with Crippen LogP contribution in [0, 0.1) is 0 Å². The summed E-state index contributed by atoms with van der Waals surface area (Å²) in [6, 6.07) is 0. The summed E-state index contributed by atoms with van der Waals surface area (Å²) in [6.07, 6.45) is -0.349. The van der Waals surface area contributed by atoms with E-state index in [4.69, 9.17) is 20.1 Å². The van der Waals surface area contributed by atoms with E-state index in [1.807, 2.05) is 0 Å². The van der Waals surface area contributed by atoms with E-state index in [-0.39, 0.29) is 6.42 Å². The zero-order valence-electron chi connectivity index (χ0n) is 8.38. The standard InChI is InChI=1S/C5H12N2O3S.C2H4O2/c6-11(9,10)5-1-4(8)2-7-3-5;1-2(3)4/h4-5,7-8H,1-3H2,(H2,6,9,10);1H3,(H,3,4)/t4-,5+;/m0./s1. The van der Waals surface area contributed by atoms with Gasteiger partial charge in [0.05, 0.1) is 11.4 Å². The molecule has 1 aliphatic rings. The lowest BCUT2D eigenvalue weighted by molar-refractivity contribution is -0.134. The molecule has 90 valence electrons. The third-order valence-corrected chi connectivity index (χ3v) is 3.04. The van der Waals surface area contributed by atoms with Crippen LogP contribution in [0.25, 0.3) is 0 Å². The van der Waals surface area contributed by atoms with Crippen molar-refractivity contribution in [1.29, 1.82) is 0 Å². The molecule has 0 aromatic heterocycles. The van der Waals surface area contributed by atoms with E-state index >= 15 is 0 Å². The van der Waals surface area contributed by atoms with Gasteiger partial charge in [-0.2, -0.15) is 0 Å². The van der Waals surface area contributed by atoms with E-state index in [2.05, 4.69) is 5.32 Å². The molecule has 0 bridgehead atoms. The van der Waals surface area contributed by atoms with Crippen LogP contribution in [0.2, 0.25) is 0 Å². The number of aliphatic carboxylic acids is 1. The lowest BCUT2D eigenvalue weighted by atomic mass is 10.1. The summed E-state index contributed by atoms with van der Waals surface area (Å²) in [5.74, 6) is -0.833. The first-order valence-electron chi connectivity index (χ1n) is 4.33. The van der Waals surface area contributed by atoms with Crippen molar-refractivity contribution >= 4 is 16.0 Å². The number of aliphatic hydroxyl groups is 1. The quantitative estimate of drug-likeness (QED) is 0.423. The molecule has 0 unspecified atom stereocenters. The molecule has 0 radical (unpaired) electrons. The van der Waals surface area contributed by atoms with E-state index < -0.39 is 27.3 Å². The molecular weight excluding hydrogens is 224 g/mol. The average molecular weight is 240 g/mol. The van der Waals surface area contributed by atoms with Gasteiger partial charge in [-0.15, -0.1) is 0 Å². The zero-order chi connectivity index (χ0) is 12.1. The summed E-state index contributed by atoms with van der Waals surface area (Å²) < 4.78 is 21.5. The smallest absolute Gasteiger partial charge is 0.300 e. The second-order valence-corrected chi connectivity index (χ2v) is 5.12. The van der Waals surface area contributed by atoms with Gasteiger partial charge in [-0.3, -0.25) is 4.79 Å². The summed E-state index contributed by atoms with van der Waals surface area (Å²) in [6.45, 7) is 1.88. The fraction of sp³-hybridized carbons (Fsp3) is 0.857. The molecular formula is C7H16N2O5S. The molecule has 1 fully saturated rings. The molecule has 7 nitrogen and oxygen atoms in total. The van der Waals surface area contributed by atoms with Gasteiger partial charge in [0.2, 0.25) is 10.0 Å². The number of carboxylic acids is 1. The second kappa shape index (κ2) is 6.01. The van der Waals surface area contributed by atoms with E-state index in [1.165, 1.54) is 0 Å². The van der Waals surface area contributed by atoms with Gasteiger partial charge in [-0.25, -0.2) is 13.6 Å². The van der Waals surface area contributed by atoms with Crippen LogP contribution in [0.3, 0.4) is 0 Å². The lowest BCUT2D eigenvalue weighted by Gasteiger charge is -2.24. The minimum absolute atomic E-state index is 0.242. The Bertz CT molecular complexity index is 299. The number of carbonyl (C=O) groups is 1. The van der Waals surface area contributed by atoms with Gasteiger partial charge in [0.25, 0.3) is 5.97 Å². The van der Waals surface area contributed by atoms with Crippen LogP contribution < -0.4 is 10.5 Å². The van der Waals surface area contributed by atoms with Crippen molar-refractivity contribution in [3.8, 4) is 0 Å². The van der Waals surface area contributed by atoms with Crippen LogP contribution in [-0.4, -0.2) is 49.0 Å². The van der Waals surface area contributed by atoms with Gasteiger partial charge in [0, 0.05) is 20.0 Å². The number of β-amino-alcohol motifs (C(OH)–C–C–N with tert-alkyl or cyclic N) is 1. The maximum absolute atomic E-state index is 10.8. The monoisotopic (exact) mass is 240 g/mol. The van der Waals surface area contributed by atoms with Gasteiger partial charge < -0.3 is 15.5 Å². The number of nitrogens with one attached hydrogen (secondary N) is 1. The maximum Gasteiger partial charge on any atom is 0.300 e. The fourth-order valence-electron chi connectivity index (χ4n) is 1.13. The summed E-state index contributed by atoms with van der Waals surface area (Å²) in [5, 5.41) is 23.5. The first-order chi connectivity index (χ1) is 6.73. The molecule has 2 atom stereocenters. The first kappa shape index (κ1) is 14.3. The SMILES string of the molecule is CC(=O)O.NS(=O)(=O)[C@H]1CNC[C@@H](O)C1. The molecule has 1 aliphatic heterocycles. The molecule has 5 N–H and O–H groups in total. The van der Waals surface area contributed by atoms with Crippen molar-refractivity contribution in [2.75, 3.05) is 13.1 Å². The van der Waals surface area contributed by atoms with Crippen molar-refractivity contribution in [2.24, 2.45) is 5.14 Å². The summed E-state index contributed by atoms with van der Waals surface area (Å²) in [5.41, 5.74) is 0. The van der Waals surface area contributed by atoms with Gasteiger partial charge >= 0.3 is 0 Å². The summed E-state index contributed by atoms with van der Waals surface area (Å²) in [7, 11) is -3.48. The second-order valence-electron chi connectivity index (χ2n) is 3.28. The van der Waals surface area contributed by atoms with Crippen molar-refractivity contribution in [3.63, 3.8) is 0 Å². The van der Waals surface area contributed by atoms with Gasteiger partial charge in [0.1, 0.15) is 0 Å². The normalized spacial score (nSPS) is 26.3. The molecule has 0 aliphatic carbocycles. The van der Waals surface area contributed by atoms with Crippen LogP contribution in [0.4, 0.5) is 0 Å². The minimum atomic E-state index is -3.48. The molecule has 0 saturated carbocycles. The van der Waals surface area contributed by atoms with E-state index in [0.29, 0.717) is 13.1 Å². The number of carboxylic acid groups (broad SMARTS) is 1. The van der Waals surface area contributed by atoms with Crippen LogP contribution in [-0.2, 0) is 14.8 Å². The minimum Gasteiger partial charge on any atom is -0.481 e. The molecule has 1 saturated heterocycles. The number of aliphatic hydroxyl groups excluding tert-OH is 1. The fourth-order valence-corrected chi connectivity index (χ4v) is 1.97. The molecule has 1 heterocycles. The summed E-state index contributed by atoms with van der Waals surface area (Å²) in [4.78, 5) is 9.00. The highest BCUT2D eigenvalue weighted by molar-refractivity contribution is 7.89. The molecule has 0 aromatic rings.